The van der Waals surface area contributed by atoms with Crippen LogP contribution in [0.4, 0.5) is 0 Å². The third kappa shape index (κ3) is 3.10. The molecule has 1 atom stereocenters. The molecule has 0 aliphatic carbocycles. The van der Waals surface area contributed by atoms with Gasteiger partial charge in [-0.05, 0) is 36.8 Å². The Bertz CT molecular complexity index is 333. The van der Waals surface area contributed by atoms with E-state index < -0.39 is 0 Å². The van der Waals surface area contributed by atoms with Crippen molar-refractivity contribution in [1.29, 1.82) is 0 Å². The fourth-order valence-electron chi connectivity index (χ4n) is 3.20. The summed E-state index contributed by atoms with van der Waals surface area (Å²) in [5, 5.41) is 0. The van der Waals surface area contributed by atoms with Crippen LogP contribution in [0.25, 0.3) is 0 Å². The second kappa shape index (κ2) is 5.68. The molecule has 0 radical (unpaired) electrons. The summed E-state index contributed by atoms with van der Waals surface area (Å²) in [5.74, 6) is 0. The van der Waals surface area contributed by atoms with E-state index >= 15 is 0 Å². The highest BCUT2D eigenvalue weighted by atomic mass is 15.2. The minimum absolute atomic E-state index is 0.615. The van der Waals surface area contributed by atoms with Crippen LogP contribution in [0.2, 0.25) is 0 Å². The van der Waals surface area contributed by atoms with Gasteiger partial charge in [-0.2, -0.15) is 0 Å². The maximum atomic E-state index is 2.63. The van der Waals surface area contributed by atoms with E-state index in [1.165, 1.54) is 44.3 Å². The van der Waals surface area contributed by atoms with Crippen molar-refractivity contribution >= 4 is 0 Å². The molecule has 0 spiro atoms. The summed E-state index contributed by atoms with van der Waals surface area (Å²) >= 11 is 0. The van der Waals surface area contributed by atoms with Crippen LogP contribution >= 0.6 is 0 Å². The van der Waals surface area contributed by atoms with Gasteiger partial charge in [-0.25, -0.2) is 0 Å². The van der Waals surface area contributed by atoms with E-state index in [2.05, 4.69) is 49.1 Å². The third-order valence-corrected chi connectivity index (χ3v) is 4.30. The zero-order valence-corrected chi connectivity index (χ0v) is 11.3. The van der Waals surface area contributed by atoms with E-state index in [1.807, 2.05) is 0 Å². The molecule has 0 aromatic heterocycles. The smallest absolute Gasteiger partial charge is 0.0233 e. The molecular formula is C16H25N. The third-order valence-electron chi connectivity index (χ3n) is 4.30. The van der Waals surface area contributed by atoms with E-state index in [0.29, 0.717) is 5.41 Å². The predicted octanol–water partition coefficient (Wildman–Crippen LogP) is 4.09. The van der Waals surface area contributed by atoms with Crippen LogP contribution in [-0.2, 0) is 6.54 Å². The van der Waals surface area contributed by atoms with Gasteiger partial charge in [-0.15, -0.1) is 0 Å². The molecule has 0 amide bonds. The lowest BCUT2D eigenvalue weighted by Crippen LogP contribution is -2.26. The first-order chi connectivity index (χ1) is 8.28. The Morgan fingerprint density at radius 2 is 1.94 bits per heavy atom. The van der Waals surface area contributed by atoms with Gasteiger partial charge in [0.1, 0.15) is 0 Å². The van der Waals surface area contributed by atoms with Crippen LogP contribution in [-0.4, -0.2) is 18.0 Å². The largest absolute Gasteiger partial charge is 0.299 e. The minimum atomic E-state index is 0.615. The van der Waals surface area contributed by atoms with Gasteiger partial charge in [0.15, 0.2) is 0 Å². The van der Waals surface area contributed by atoms with Gasteiger partial charge in [0.05, 0.1) is 0 Å². The average Bonchev–Trinajstić information content (AvgIpc) is 2.75. The summed E-state index contributed by atoms with van der Waals surface area (Å²) in [6.07, 6.45) is 5.46. The molecule has 0 saturated carbocycles. The number of likely N-dealkylation sites (tertiary alicyclic amines) is 1. The van der Waals surface area contributed by atoms with Gasteiger partial charge >= 0.3 is 0 Å². The Morgan fingerprint density at radius 1 is 1.18 bits per heavy atom. The van der Waals surface area contributed by atoms with Gasteiger partial charge in [-0.1, -0.05) is 50.6 Å². The topological polar surface area (TPSA) is 3.24 Å². The number of rotatable bonds is 5. The Kier molecular flexibility index (Phi) is 4.22. The first kappa shape index (κ1) is 12.6. The molecule has 1 aromatic carbocycles. The first-order valence-electron chi connectivity index (χ1n) is 7.04. The van der Waals surface area contributed by atoms with Gasteiger partial charge in [0.25, 0.3) is 0 Å². The maximum Gasteiger partial charge on any atom is 0.0233 e. The van der Waals surface area contributed by atoms with Crippen LogP contribution in [0.1, 0.15) is 45.1 Å². The van der Waals surface area contributed by atoms with Crippen molar-refractivity contribution in [2.75, 3.05) is 13.1 Å². The number of nitrogens with zero attached hydrogens (tertiary/aromatic N) is 1. The summed E-state index contributed by atoms with van der Waals surface area (Å²) in [6, 6.07) is 10.9. The molecular weight excluding hydrogens is 206 g/mol. The molecule has 1 heterocycles. The molecule has 94 valence electrons. The highest BCUT2D eigenvalue weighted by Crippen LogP contribution is 2.38. The fourth-order valence-corrected chi connectivity index (χ4v) is 3.20. The van der Waals surface area contributed by atoms with Gasteiger partial charge in [0.2, 0.25) is 0 Å². The molecule has 1 aromatic rings. The molecule has 0 N–H and O–H groups in total. The summed E-state index contributed by atoms with van der Waals surface area (Å²) in [5.41, 5.74) is 2.07. The Hall–Kier alpha value is -0.820. The van der Waals surface area contributed by atoms with E-state index in [9.17, 15) is 0 Å². The lowest BCUT2D eigenvalue weighted by Gasteiger charge is -2.27. The van der Waals surface area contributed by atoms with Crippen molar-refractivity contribution in [3.05, 3.63) is 35.9 Å². The summed E-state index contributed by atoms with van der Waals surface area (Å²) < 4.78 is 0. The molecule has 1 nitrogen and oxygen atoms in total. The Labute approximate surface area is 106 Å². The highest BCUT2D eigenvalue weighted by Gasteiger charge is 2.35. The molecule has 17 heavy (non-hydrogen) atoms. The molecule has 1 fully saturated rings. The predicted molar refractivity (Wildman–Crippen MR) is 74.0 cm³/mol. The fraction of sp³-hybridized carbons (Fsp3) is 0.625. The lowest BCUT2D eigenvalue weighted by molar-refractivity contribution is 0.227. The zero-order valence-electron chi connectivity index (χ0n) is 11.3. The van der Waals surface area contributed by atoms with Crippen molar-refractivity contribution in [3.63, 3.8) is 0 Å². The van der Waals surface area contributed by atoms with Crippen LogP contribution in [0.3, 0.4) is 0 Å². The summed E-state index contributed by atoms with van der Waals surface area (Å²) in [4.78, 5) is 2.63. The van der Waals surface area contributed by atoms with Crippen molar-refractivity contribution in [2.24, 2.45) is 5.41 Å². The number of hydrogen-bond acceptors (Lipinski definition) is 1. The second-order valence-electron chi connectivity index (χ2n) is 5.55. The monoisotopic (exact) mass is 231 g/mol. The molecule has 2 rings (SSSR count). The molecule has 0 bridgehead atoms. The molecule has 1 saturated heterocycles. The SMILES string of the molecule is CCCC1(CC)CCN(Cc2ccccc2)C1. The quantitative estimate of drug-likeness (QED) is 0.738. The summed E-state index contributed by atoms with van der Waals surface area (Å²) in [7, 11) is 0. The first-order valence-corrected chi connectivity index (χ1v) is 7.04. The van der Waals surface area contributed by atoms with E-state index in [0.717, 1.165) is 6.54 Å². The van der Waals surface area contributed by atoms with Crippen molar-refractivity contribution in [2.45, 2.75) is 46.1 Å². The minimum Gasteiger partial charge on any atom is -0.299 e. The summed E-state index contributed by atoms with van der Waals surface area (Å²) in [6.45, 7) is 8.39. The van der Waals surface area contributed by atoms with Gasteiger partial charge in [-0.3, -0.25) is 4.90 Å². The maximum absolute atomic E-state index is 2.63. The lowest BCUT2D eigenvalue weighted by atomic mass is 9.80. The van der Waals surface area contributed by atoms with Gasteiger partial charge in [0, 0.05) is 13.1 Å². The second-order valence-corrected chi connectivity index (χ2v) is 5.55. The van der Waals surface area contributed by atoms with Crippen LogP contribution in [0, 0.1) is 5.41 Å². The van der Waals surface area contributed by atoms with Crippen molar-refractivity contribution < 1.29 is 0 Å². The molecule has 1 aliphatic heterocycles. The van der Waals surface area contributed by atoms with Crippen LogP contribution in [0.5, 0.6) is 0 Å². The molecule has 1 aliphatic rings. The normalized spacial score (nSPS) is 25.3. The Balaban J connectivity index is 1.93. The van der Waals surface area contributed by atoms with E-state index in [4.69, 9.17) is 0 Å². The van der Waals surface area contributed by atoms with Crippen LogP contribution < -0.4 is 0 Å². The van der Waals surface area contributed by atoms with Crippen LogP contribution in [0.15, 0.2) is 30.3 Å². The molecule has 1 unspecified atom stereocenters. The molecule has 1 heteroatoms. The average molecular weight is 231 g/mol. The standard InChI is InChI=1S/C16H25N/c1-3-10-16(4-2)11-12-17(14-16)13-15-8-6-5-7-9-15/h5-9H,3-4,10-14H2,1-2H3. The van der Waals surface area contributed by atoms with E-state index in [-0.39, 0.29) is 0 Å². The van der Waals surface area contributed by atoms with Crippen molar-refractivity contribution in [3.8, 4) is 0 Å². The highest BCUT2D eigenvalue weighted by molar-refractivity contribution is 5.14. The number of hydrogen-bond donors (Lipinski definition) is 0. The number of benzene rings is 1. The zero-order chi connectivity index (χ0) is 12.1. The Morgan fingerprint density at radius 3 is 2.59 bits per heavy atom. The van der Waals surface area contributed by atoms with E-state index in [1.54, 1.807) is 0 Å². The van der Waals surface area contributed by atoms with Gasteiger partial charge < -0.3 is 0 Å². The van der Waals surface area contributed by atoms with Crippen molar-refractivity contribution in [1.82, 2.24) is 4.90 Å².